The number of hydrogen-bond donors (Lipinski definition) is 2. The van der Waals surface area contributed by atoms with Crippen LogP contribution in [0.3, 0.4) is 0 Å². The molecular formula is C16H15NO5S. The van der Waals surface area contributed by atoms with E-state index in [9.17, 15) is 14.4 Å². The predicted molar refractivity (Wildman–Crippen MR) is 83.5 cm³/mol. The maximum absolute atomic E-state index is 12.0. The third kappa shape index (κ3) is 2.19. The third-order valence-electron chi connectivity index (χ3n) is 4.30. The third-order valence-corrected chi connectivity index (χ3v) is 4.90. The maximum atomic E-state index is 12.0. The summed E-state index contributed by atoms with van der Waals surface area (Å²) in [5.74, 6) is 0.0502. The van der Waals surface area contributed by atoms with E-state index in [0.29, 0.717) is 16.9 Å². The van der Waals surface area contributed by atoms with Crippen molar-refractivity contribution in [1.29, 1.82) is 0 Å². The van der Waals surface area contributed by atoms with Gasteiger partial charge in [-0.25, -0.2) is 0 Å². The number of aromatic nitrogens is 1. The molecule has 1 heterocycles. The molecular weight excluding hydrogens is 318 g/mol. The minimum atomic E-state index is -2.20. The van der Waals surface area contributed by atoms with Gasteiger partial charge in [-0.15, -0.1) is 0 Å². The molecule has 2 N–H and O–H groups in total. The molecule has 120 valence electrons. The molecule has 0 saturated heterocycles. The summed E-state index contributed by atoms with van der Waals surface area (Å²) in [6, 6.07) is 6.95. The van der Waals surface area contributed by atoms with Crippen molar-refractivity contribution in [3.63, 3.8) is 0 Å². The van der Waals surface area contributed by atoms with Crippen molar-refractivity contribution in [3.8, 4) is 17.5 Å². The fourth-order valence-corrected chi connectivity index (χ4v) is 3.80. The number of allylic oxidation sites excluding steroid dienone is 2. The molecule has 3 atom stereocenters. The molecule has 2 bridgehead atoms. The molecule has 0 aliphatic heterocycles. The number of benzene rings is 1. The molecule has 1 aromatic heterocycles. The van der Waals surface area contributed by atoms with E-state index >= 15 is 0 Å². The second-order valence-electron chi connectivity index (χ2n) is 5.78. The monoisotopic (exact) mass is 333 g/mol. The Morgan fingerprint density at radius 3 is 2.22 bits per heavy atom. The smallest absolute Gasteiger partial charge is 0.438 e. The van der Waals surface area contributed by atoms with Crippen LogP contribution in [0.15, 0.2) is 36.4 Å². The number of aromatic hydroxyl groups is 2. The Kier molecular flexibility index (Phi) is 3.12. The molecule has 1 aromatic carbocycles. The summed E-state index contributed by atoms with van der Waals surface area (Å²) < 4.78 is 23.0. The first-order chi connectivity index (χ1) is 11.0. The Labute approximate surface area is 135 Å². The van der Waals surface area contributed by atoms with E-state index in [1.165, 1.54) is 0 Å². The Balaban J connectivity index is 1.56. The Bertz CT molecular complexity index is 788. The van der Waals surface area contributed by atoms with Gasteiger partial charge >= 0.3 is 11.4 Å². The molecule has 2 aliphatic carbocycles. The van der Waals surface area contributed by atoms with Crippen LogP contribution in [0.1, 0.15) is 34.9 Å². The Morgan fingerprint density at radius 2 is 1.65 bits per heavy atom. The number of fused-ring (bicyclic) bond motifs is 5. The van der Waals surface area contributed by atoms with Gasteiger partial charge in [0.2, 0.25) is 11.8 Å². The van der Waals surface area contributed by atoms with E-state index in [0.717, 1.165) is 16.7 Å². The van der Waals surface area contributed by atoms with E-state index in [1.807, 2.05) is 31.2 Å². The van der Waals surface area contributed by atoms with Crippen LogP contribution in [-0.4, -0.2) is 19.2 Å². The van der Waals surface area contributed by atoms with E-state index in [-0.39, 0.29) is 23.6 Å². The molecule has 6 nitrogen and oxygen atoms in total. The summed E-state index contributed by atoms with van der Waals surface area (Å²) in [5.41, 5.74) is 2.33. The van der Waals surface area contributed by atoms with Crippen molar-refractivity contribution in [2.45, 2.75) is 25.2 Å². The summed E-state index contributed by atoms with van der Waals surface area (Å²) in [4.78, 5) is 0. The zero-order chi connectivity index (χ0) is 16.1. The fraction of sp³-hybridized carbons (Fsp3) is 0.250. The van der Waals surface area contributed by atoms with Gasteiger partial charge in [-0.05, 0) is 25.5 Å². The average Bonchev–Trinajstić information content (AvgIpc) is 3.19. The van der Waals surface area contributed by atoms with Crippen molar-refractivity contribution in [2.75, 3.05) is 0 Å². The molecule has 4 rings (SSSR count). The SMILES string of the molecule is Cc1ccc(OS(=O)On2c(O)c3c(c2O)C2C=CC3C2)cc1. The van der Waals surface area contributed by atoms with Crippen molar-refractivity contribution >= 4 is 11.4 Å². The van der Waals surface area contributed by atoms with Gasteiger partial charge in [-0.2, -0.15) is 4.21 Å². The number of aryl methyl sites for hydroxylation is 1. The first-order valence-electron chi connectivity index (χ1n) is 7.25. The lowest BCUT2D eigenvalue weighted by Crippen LogP contribution is -2.18. The number of hydrogen-bond acceptors (Lipinski definition) is 5. The predicted octanol–water partition coefficient (Wildman–Crippen LogP) is 2.43. The highest BCUT2D eigenvalue weighted by Gasteiger charge is 2.42. The largest absolute Gasteiger partial charge is 0.492 e. The quantitative estimate of drug-likeness (QED) is 0.840. The van der Waals surface area contributed by atoms with Gasteiger partial charge in [0.15, 0.2) is 0 Å². The lowest BCUT2D eigenvalue weighted by atomic mass is 10.0. The minimum Gasteiger partial charge on any atom is -0.492 e. The van der Waals surface area contributed by atoms with E-state index in [1.54, 1.807) is 12.1 Å². The van der Waals surface area contributed by atoms with Crippen LogP contribution in [0.2, 0.25) is 0 Å². The van der Waals surface area contributed by atoms with Crippen molar-refractivity contribution < 1.29 is 22.9 Å². The van der Waals surface area contributed by atoms with Crippen LogP contribution in [0.25, 0.3) is 0 Å². The van der Waals surface area contributed by atoms with Crippen LogP contribution in [-0.2, 0) is 11.4 Å². The van der Waals surface area contributed by atoms with Crippen LogP contribution in [0.4, 0.5) is 0 Å². The van der Waals surface area contributed by atoms with Gasteiger partial charge in [-0.1, -0.05) is 34.6 Å². The zero-order valence-corrected chi connectivity index (χ0v) is 13.1. The van der Waals surface area contributed by atoms with E-state index in [2.05, 4.69) is 0 Å². The summed E-state index contributed by atoms with van der Waals surface area (Å²) in [6.45, 7) is 1.93. The molecule has 2 aliphatic rings. The highest BCUT2D eigenvalue weighted by molar-refractivity contribution is 7.75. The zero-order valence-electron chi connectivity index (χ0n) is 12.3. The highest BCUT2D eigenvalue weighted by Crippen LogP contribution is 2.56. The molecule has 0 radical (unpaired) electrons. The van der Waals surface area contributed by atoms with Gasteiger partial charge in [0.25, 0.3) is 0 Å². The molecule has 3 unspecified atom stereocenters. The molecule has 2 aromatic rings. The van der Waals surface area contributed by atoms with Gasteiger partial charge in [0, 0.05) is 23.0 Å². The topological polar surface area (TPSA) is 80.9 Å². The Morgan fingerprint density at radius 1 is 1.09 bits per heavy atom. The number of nitrogens with zero attached hydrogens (tertiary/aromatic N) is 1. The van der Waals surface area contributed by atoms with E-state index < -0.39 is 11.4 Å². The van der Waals surface area contributed by atoms with Crippen molar-refractivity contribution in [2.24, 2.45) is 0 Å². The molecule has 0 fully saturated rings. The van der Waals surface area contributed by atoms with Crippen LogP contribution in [0.5, 0.6) is 17.5 Å². The van der Waals surface area contributed by atoms with Crippen LogP contribution < -0.4 is 8.47 Å². The summed E-state index contributed by atoms with van der Waals surface area (Å²) >= 11 is -2.20. The lowest BCUT2D eigenvalue weighted by Gasteiger charge is -2.09. The molecule has 0 amide bonds. The van der Waals surface area contributed by atoms with Gasteiger partial charge in [0.1, 0.15) is 5.75 Å². The highest BCUT2D eigenvalue weighted by atomic mass is 32.2. The second-order valence-corrected chi connectivity index (χ2v) is 6.50. The minimum absolute atomic E-state index is 0.0669. The standard InChI is InChI=1S/C16H15NO5S/c1-9-2-6-12(7-3-9)21-23(20)22-17-15(18)13-10-4-5-11(8-10)14(13)16(17)19/h2-7,10-11,18-19H,8H2,1H3. The molecule has 0 spiro atoms. The van der Waals surface area contributed by atoms with Crippen LogP contribution in [0, 0.1) is 6.92 Å². The van der Waals surface area contributed by atoms with Crippen molar-refractivity contribution in [3.05, 3.63) is 53.1 Å². The summed E-state index contributed by atoms with van der Waals surface area (Å²) in [6.07, 6.45) is 4.84. The van der Waals surface area contributed by atoms with Crippen LogP contribution >= 0.6 is 0 Å². The van der Waals surface area contributed by atoms with E-state index in [4.69, 9.17) is 8.47 Å². The van der Waals surface area contributed by atoms with Gasteiger partial charge in [0.05, 0.1) is 0 Å². The van der Waals surface area contributed by atoms with Gasteiger partial charge < -0.3 is 14.4 Å². The first-order valence-corrected chi connectivity index (χ1v) is 8.25. The first kappa shape index (κ1) is 14.2. The van der Waals surface area contributed by atoms with Gasteiger partial charge in [-0.3, -0.25) is 4.28 Å². The molecule has 0 saturated carbocycles. The second kappa shape index (κ2) is 5.06. The fourth-order valence-electron chi connectivity index (χ4n) is 3.24. The normalized spacial score (nSPS) is 22.1. The summed E-state index contributed by atoms with van der Waals surface area (Å²) in [5, 5.41) is 20.5. The lowest BCUT2D eigenvalue weighted by molar-refractivity contribution is 0.198. The summed E-state index contributed by atoms with van der Waals surface area (Å²) in [7, 11) is 0. The maximum Gasteiger partial charge on any atom is 0.438 e. The van der Waals surface area contributed by atoms with Crippen molar-refractivity contribution in [1.82, 2.24) is 4.73 Å². The molecule has 23 heavy (non-hydrogen) atoms. The average molecular weight is 333 g/mol. The molecule has 7 heteroatoms. The Hall–Kier alpha value is -2.41. The number of rotatable bonds is 4.